The highest BCUT2D eigenvalue weighted by Crippen LogP contribution is 2.07. The summed E-state index contributed by atoms with van der Waals surface area (Å²) in [5, 5.41) is 0.141. The lowest BCUT2D eigenvalue weighted by molar-refractivity contribution is -0.142. The summed E-state index contributed by atoms with van der Waals surface area (Å²) >= 11 is 2.97. The van der Waals surface area contributed by atoms with Gasteiger partial charge < -0.3 is 4.90 Å². The number of carbonyl (C=O) groups is 2. The number of nitrogens with zero attached hydrogens (tertiary/aromatic N) is 1. The summed E-state index contributed by atoms with van der Waals surface area (Å²) in [6, 6.07) is 0. The van der Waals surface area contributed by atoms with Crippen LogP contribution in [0.3, 0.4) is 0 Å². The number of hydrogen-bond acceptors (Lipinski definition) is 2. The van der Waals surface area contributed by atoms with Crippen molar-refractivity contribution in [2.45, 2.75) is 12.8 Å². The minimum Gasteiger partial charge on any atom is -0.336 e. The molecule has 3 nitrogen and oxygen atoms in total. The SMILES string of the molecule is O=C(CBr)C(=O)N1CCCC1. The standard InChI is InChI=1S/C7H10BrNO2/c8-5-6(10)7(11)9-3-1-2-4-9/h1-5H2. The van der Waals surface area contributed by atoms with Gasteiger partial charge in [0.15, 0.2) is 0 Å². The molecule has 4 heteroatoms. The van der Waals surface area contributed by atoms with E-state index < -0.39 is 0 Å². The quantitative estimate of drug-likeness (QED) is 0.504. The molecule has 0 radical (unpaired) electrons. The zero-order valence-electron chi connectivity index (χ0n) is 6.18. The maximum Gasteiger partial charge on any atom is 0.290 e. The van der Waals surface area contributed by atoms with Crippen molar-refractivity contribution in [3.8, 4) is 0 Å². The summed E-state index contributed by atoms with van der Waals surface area (Å²) in [6.07, 6.45) is 2.06. The van der Waals surface area contributed by atoms with Crippen LogP contribution in [0, 0.1) is 0 Å². The van der Waals surface area contributed by atoms with Crippen molar-refractivity contribution in [3.63, 3.8) is 0 Å². The topological polar surface area (TPSA) is 37.4 Å². The number of halogens is 1. The lowest BCUT2D eigenvalue weighted by Crippen LogP contribution is -2.34. The Bertz CT molecular complexity index is 175. The number of carbonyl (C=O) groups excluding carboxylic acids is 2. The van der Waals surface area contributed by atoms with E-state index in [0.717, 1.165) is 25.9 Å². The van der Waals surface area contributed by atoms with Crippen LogP contribution in [0.4, 0.5) is 0 Å². The highest BCUT2D eigenvalue weighted by atomic mass is 79.9. The van der Waals surface area contributed by atoms with Crippen molar-refractivity contribution < 1.29 is 9.59 Å². The fraction of sp³-hybridized carbons (Fsp3) is 0.714. The van der Waals surface area contributed by atoms with E-state index >= 15 is 0 Å². The van der Waals surface area contributed by atoms with Gasteiger partial charge in [0, 0.05) is 13.1 Å². The lowest BCUT2D eigenvalue weighted by Gasteiger charge is -2.12. The smallest absolute Gasteiger partial charge is 0.290 e. The van der Waals surface area contributed by atoms with Gasteiger partial charge >= 0.3 is 0 Å². The Morgan fingerprint density at radius 3 is 2.27 bits per heavy atom. The fourth-order valence-corrected chi connectivity index (χ4v) is 1.39. The average molecular weight is 220 g/mol. The van der Waals surface area contributed by atoms with Crippen LogP contribution >= 0.6 is 15.9 Å². The van der Waals surface area contributed by atoms with E-state index in [4.69, 9.17) is 0 Å². The van der Waals surface area contributed by atoms with E-state index in [1.54, 1.807) is 4.90 Å². The first-order valence-corrected chi connectivity index (χ1v) is 4.76. The number of likely N-dealkylation sites (tertiary alicyclic amines) is 1. The average Bonchev–Trinajstić information content (AvgIpc) is 2.53. The van der Waals surface area contributed by atoms with Crippen LogP contribution in [0.15, 0.2) is 0 Å². The Morgan fingerprint density at radius 2 is 1.82 bits per heavy atom. The Hall–Kier alpha value is -0.380. The van der Waals surface area contributed by atoms with E-state index in [0.29, 0.717) is 0 Å². The van der Waals surface area contributed by atoms with E-state index in [1.165, 1.54) is 0 Å². The zero-order chi connectivity index (χ0) is 8.27. The number of amides is 1. The molecule has 0 aromatic rings. The van der Waals surface area contributed by atoms with Crippen molar-refractivity contribution in [3.05, 3.63) is 0 Å². The third-order valence-corrected chi connectivity index (χ3v) is 2.26. The van der Waals surface area contributed by atoms with E-state index in [9.17, 15) is 9.59 Å². The van der Waals surface area contributed by atoms with Crippen molar-refractivity contribution in [1.29, 1.82) is 0 Å². The molecule has 0 aromatic carbocycles. The minimum absolute atomic E-state index is 0.141. The second-order valence-electron chi connectivity index (χ2n) is 2.56. The lowest BCUT2D eigenvalue weighted by atomic mass is 10.4. The van der Waals surface area contributed by atoms with E-state index in [1.807, 2.05) is 0 Å². The molecular weight excluding hydrogens is 210 g/mol. The second kappa shape index (κ2) is 3.85. The number of ketones is 1. The van der Waals surface area contributed by atoms with Crippen LogP contribution in [0.2, 0.25) is 0 Å². The minimum atomic E-state index is -0.341. The maximum atomic E-state index is 11.1. The molecule has 1 rings (SSSR count). The van der Waals surface area contributed by atoms with E-state index in [2.05, 4.69) is 15.9 Å². The van der Waals surface area contributed by atoms with Crippen LogP contribution in [0.1, 0.15) is 12.8 Å². The fourth-order valence-electron chi connectivity index (χ4n) is 1.15. The molecule has 0 aromatic heterocycles. The van der Waals surface area contributed by atoms with Crippen molar-refractivity contribution in [2.75, 3.05) is 18.4 Å². The molecule has 0 saturated carbocycles. The van der Waals surface area contributed by atoms with Gasteiger partial charge in [-0.25, -0.2) is 0 Å². The third kappa shape index (κ3) is 2.02. The predicted molar refractivity (Wildman–Crippen MR) is 44.6 cm³/mol. The first kappa shape index (κ1) is 8.71. The number of alkyl halides is 1. The Labute approximate surface area is 73.9 Å². The van der Waals surface area contributed by atoms with Gasteiger partial charge in [-0.1, -0.05) is 15.9 Å². The third-order valence-electron chi connectivity index (χ3n) is 1.75. The number of rotatable bonds is 2. The molecule has 0 spiro atoms. The van der Waals surface area contributed by atoms with Gasteiger partial charge in [0.25, 0.3) is 5.91 Å². The van der Waals surface area contributed by atoms with Crippen molar-refractivity contribution >= 4 is 27.6 Å². The largest absolute Gasteiger partial charge is 0.336 e. The van der Waals surface area contributed by atoms with E-state index in [-0.39, 0.29) is 17.0 Å². The molecule has 0 aliphatic carbocycles. The Morgan fingerprint density at radius 1 is 1.27 bits per heavy atom. The van der Waals surface area contributed by atoms with Gasteiger partial charge in [-0.05, 0) is 12.8 Å². The molecule has 11 heavy (non-hydrogen) atoms. The molecule has 1 fully saturated rings. The highest BCUT2D eigenvalue weighted by Gasteiger charge is 2.22. The van der Waals surface area contributed by atoms with Gasteiger partial charge in [0.05, 0.1) is 5.33 Å². The molecule has 0 atom stereocenters. The summed E-state index contributed by atoms with van der Waals surface area (Å²) in [6.45, 7) is 1.50. The normalized spacial score (nSPS) is 17.0. The molecular formula is C7H10BrNO2. The van der Waals surface area contributed by atoms with Gasteiger partial charge in [0.1, 0.15) is 0 Å². The van der Waals surface area contributed by atoms with Crippen molar-refractivity contribution in [2.24, 2.45) is 0 Å². The number of hydrogen-bond donors (Lipinski definition) is 0. The summed E-state index contributed by atoms with van der Waals surface area (Å²) in [7, 11) is 0. The van der Waals surface area contributed by atoms with Crippen LogP contribution in [0.25, 0.3) is 0 Å². The first-order chi connectivity index (χ1) is 5.25. The molecule has 62 valence electrons. The molecule has 1 saturated heterocycles. The summed E-state index contributed by atoms with van der Waals surface area (Å²) in [4.78, 5) is 23.6. The van der Waals surface area contributed by atoms with Gasteiger partial charge in [-0.15, -0.1) is 0 Å². The van der Waals surface area contributed by atoms with Crippen LogP contribution in [0.5, 0.6) is 0 Å². The summed E-state index contributed by atoms with van der Waals surface area (Å²) in [5.41, 5.74) is 0. The summed E-state index contributed by atoms with van der Waals surface area (Å²) in [5.74, 6) is -0.675. The molecule has 1 amide bonds. The van der Waals surface area contributed by atoms with Crippen LogP contribution in [-0.2, 0) is 9.59 Å². The Balaban J connectivity index is 2.46. The second-order valence-corrected chi connectivity index (χ2v) is 3.12. The van der Waals surface area contributed by atoms with Crippen molar-refractivity contribution in [1.82, 2.24) is 4.90 Å². The molecule has 1 aliphatic rings. The zero-order valence-corrected chi connectivity index (χ0v) is 7.76. The van der Waals surface area contributed by atoms with Gasteiger partial charge in [-0.2, -0.15) is 0 Å². The molecule has 1 aliphatic heterocycles. The highest BCUT2D eigenvalue weighted by molar-refractivity contribution is 9.09. The molecule has 0 unspecified atom stereocenters. The van der Waals surface area contributed by atoms with Gasteiger partial charge in [-0.3, -0.25) is 9.59 Å². The first-order valence-electron chi connectivity index (χ1n) is 3.64. The Kier molecular flexibility index (Phi) is 3.05. The van der Waals surface area contributed by atoms with Gasteiger partial charge in [0.2, 0.25) is 5.78 Å². The predicted octanol–water partition coefficient (Wildman–Crippen LogP) is 0.573. The molecule has 0 N–H and O–H groups in total. The molecule has 1 heterocycles. The molecule has 0 bridgehead atoms. The monoisotopic (exact) mass is 219 g/mol. The van der Waals surface area contributed by atoms with Crippen LogP contribution in [-0.4, -0.2) is 35.0 Å². The number of Topliss-reactive ketones (excluding diaryl/α,β-unsaturated/α-hetero) is 1. The van der Waals surface area contributed by atoms with Crippen LogP contribution < -0.4 is 0 Å². The summed E-state index contributed by atoms with van der Waals surface area (Å²) < 4.78 is 0. The maximum absolute atomic E-state index is 11.1.